The number of hydrogen-bond donors (Lipinski definition) is 0. The molecule has 0 amide bonds. The van der Waals surface area contributed by atoms with Gasteiger partial charge in [0.2, 0.25) is 6.29 Å². The van der Waals surface area contributed by atoms with Crippen LogP contribution < -0.4 is 0 Å². The Morgan fingerprint density at radius 2 is 1.91 bits per heavy atom. The van der Waals surface area contributed by atoms with Crippen LogP contribution in [-0.4, -0.2) is 6.29 Å². The van der Waals surface area contributed by atoms with Crippen LogP contribution in [0.25, 0.3) is 0 Å². The average molecular weight is 147 g/mol. The molecular weight excluding hydrogens is 136 g/mol. The molecule has 0 heterocycles. The lowest BCUT2D eigenvalue weighted by Gasteiger charge is -1.96. The molecule has 0 saturated heterocycles. The van der Waals surface area contributed by atoms with E-state index in [1.165, 1.54) is 5.56 Å². The Balaban J connectivity index is 2.74. The maximum Gasteiger partial charge on any atom is 0.233 e. The summed E-state index contributed by atoms with van der Waals surface area (Å²) in [4.78, 5) is 10.2. The Morgan fingerprint density at radius 3 is 2.36 bits per heavy atom. The second-order valence-electron chi connectivity index (χ2n) is 2.55. The van der Waals surface area contributed by atoms with Crippen LogP contribution in [0, 0.1) is 0 Å². The minimum absolute atomic E-state index is 0.629. The van der Waals surface area contributed by atoms with E-state index in [2.05, 4.69) is 6.92 Å². The van der Waals surface area contributed by atoms with E-state index in [-0.39, 0.29) is 0 Å². The summed E-state index contributed by atoms with van der Waals surface area (Å²) in [5, 5.41) is 0. The molecule has 11 heavy (non-hydrogen) atoms. The highest BCUT2D eigenvalue weighted by molar-refractivity contribution is 5.75. The minimum atomic E-state index is 0.629. The largest absolute Gasteiger partial charge is 0.285 e. The zero-order valence-electron chi connectivity index (χ0n) is 6.63. The zero-order chi connectivity index (χ0) is 8.10. The van der Waals surface area contributed by atoms with E-state index in [9.17, 15) is 4.79 Å². The van der Waals surface area contributed by atoms with Crippen molar-refractivity contribution in [1.29, 1.82) is 0 Å². The first kappa shape index (κ1) is 7.99. The maximum atomic E-state index is 10.2. The normalized spacial score (nSPS) is 9.55. The van der Waals surface area contributed by atoms with Gasteiger partial charge in [-0.05, 0) is 12.0 Å². The molecule has 1 aromatic carbocycles. The fraction of sp³-hybridized carbons (Fsp3) is 0.300. The van der Waals surface area contributed by atoms with Crippen molar-refractivity contribution in [2.45, 2.75) is 19.8 Å². The van der Waals surface area contributed by atoms with Crippen LogP contribution in [-0.2, 0) is 11.2 Å². The summed E-state index contributed by atoms with van der Waals surface area (Å²) >= 11 is 0. The Morgan fingerprint density at radius 1 is 1.27 bits per heavy atom. The Kier molecular flexibility index (Phi) is 2.84. The van der Waals surface area contributed by atoms with Crippen LogP contribution in [0.4, 0.5) is 0 Å². The predicted molar refractivity (Wildman–Crippen MR) is 45.2 cm³/mol. The van der Waals surface area contributed by atoms with E-state index >= 15 is 0 Å². The molecule has 0 N–H and O–H groups in total. The second-order valence-corrected chi connectivity index (χ2v) is 2.55. The first-order valence-corrected chi connectivity index (χ1v) is 3.84. The van der Waals surface area contributed by atoms with Gasteiger partial charge < -0.3 is 0 Å². The van der Waals surface area contributed by atoms with Gasteiger partial charge in [0.05, 0.1) is 0 Å². The van der Waals surface area contributed by atoms with Gasteiger partial charge in [0.15, 0.2) is 0 Å². The Bertz CT molecular complexity index is 223. The lowest BCUT2D eigenvalue weighted by Crippen LogP contribution is -1.84. The third kappa shape index (κ3) is 2.19. The Labute approximate surface area is 67.1 Å². The predicted octanol–water partition coefficient (Wildman–Crippen LogP) is 2.10. The molecule has 1 aromatic rings. The second kappa shape index (κ2) is 3.91. The highest BCUT2D eigenvalue weighted by atomic mass is 16.1. The van der Waals surface area contributed by atoms with Gasteiger partial charge in [-0.25, -0.2) is 0 Å². The maximum absolute atomic E-state index is 10.2. The van der Waals surface area contributed by atoms with E-state index in [4.69, 9.17) is 0 Å². The molecule has 0 aliphatic rings. The molecule has 0 aromatic heterocycles. The quantitative estimate of drug-likeness (QED) is 0.639. The van der Waals surface area contributed by atoms with Crippen LogP contribution >= 0.6 is 0 Å². The molecule has 0 spiro atoms. The van der Waals surface area contributed by atoms with Crippen molar-refractivity contribution in [3.8, 4) is 0 Å². The van der Waals surface area contributed by atoms with Gasteiger partial charge in [0.1, 0.15) is 0 Å². The molecular formula is C10H11O. The van der Waals surface area contributed by atoms with Gasteiger partial charge in [-0.15, -0.1) is 0 Å². The highest BCUT2D eigenvalue weighted by Crippen LogP contribution is 2.04. The van der Waals surface area contributed by atoms with E-state index in [0.717, 1.165) is 12.8 Å². The van der Waals surface area contributed by atoms with Gasteiger partial charge in [-0.1, -0.05) is 37.6 Å². The monoisotopic (exact) mass is 147 g/mol. The van der Waals surface area contributed by atoms with E-state index in [1.807, 2.05) is 18.4 Å². The Hall–Kier alpha value is -1.11. The number of aryl methyl sites for hydroxylation is 1. The van der Waals surface area contributed by atoms with Crippen molar-refractivity contribution in [2.75, 3.05) is 0 Å². The third-order valence-electron chi connectivity index (χ3n) is 1.61. The summed E-state index contributed by atoms with van der Waals surface area (Å²) in [6.45, 7) is 2.14. The SMILES string of the molecule is CCCc1ccc([C]=O)cc1. The average Bonchev–Trinajstić information content (AvgIpc) is 2.07. The molecule has 1 heteroatoms. The van der Waals surface area contributed by atoms with Crippen molar-refractivity contribution in [2.24, 2.45) is 0 Å². The van der Waals surface area contributed by atoms with Gasteiger partial charge in [-0.3, -0.25) is 4.79 Å². The van der Waals surface area contributed by atoms with Crippen LogP contribution in [0.5, 0.6) is 0 Å². The lowest BCUT2D eigenvalue weighted by atomic mass is 10.1. The molecule has 1 nitrogen and oxygen atoms in total. The molecule has 0 saturated carbocycles. The number of hydrogen-bond acceptors (Lipinski definition) is 1. The van der Waals surface area contributed by atoms with E-state index in [0.29, 0.717) is 5.56 Å². The van der Waals surface area contributed by atoms with Crippen molar-refractivity contribution in [3.05, 3.63) is 35.4 Å². The molecule has 0 aliphatic carbocycles. The van der Waals surface area contributed by atoms with Crippen LogP contribution in [0.3, 0.4) is 0 Å². The summed E-state index contributed by atoms with van der Waals surface area (Å²) in [5.74, 6) is 0. The molecule has 1 rings (SSSR count). The van der Waals surface area contributed by atoms with Crippen molar-refractivity contribution >= 4 is 6.29 Å². The minimum Gasteiger partial charge on any atom is -0.285 e. The standard InChI is InChI=1S/C10H11O/c1-2-3-9-4-6-10(8-11)7-5-9/h4-7H,2-3H2,1H3. The first-order chi connectivity index (χ1) is 5.36. The van der Waals surface area contributed by atoms with Crippen LogP contribution in [0.1, 0.15) is 24.5 Å². The van der Waals surface area contributed by atoms with E-state index in [1.54, 1.807) is 12.1 Å². The fourth-order valence-corrected chi connectivity index (χ4v) is 1.03. The molecule has 1 radical (unpaired) electrons. The van der Waals surface area contributed by atoms with Crippen molar-refractivity contribution in [3.63, 3.8) is 0 Å². The first-order valence-electron chi connectivity index (χ1n) is 3.84. The third-order valence-corrected chi connectivity index (χ3v) is 1.61. The van der Waals surface area contributed by atoms with Crippen molar-refractivity contribution in [1.82, 2.24) is 0 Å². The molecule has 0 aliphatic heterocycles. The summed E-state index contributed by atoms with van der Waals surface area (Å²) < 4.78 is 0. The summed E-state index contributed by atoms with van der Waals surface area (Å²) in [6.07, 6.45) is 4.07. The topological polar surface area (TPSA) is 17.1 Å². The number of carbonyl (C=O) groups excluding carboxylic acids is 1. The van der Waals surface area contributed by atoms with Crippen LogP contribution in [0.15, 0.2) is 24.3 Å². The summed E-state index contributed by atoms with van der Waals surface area (Å²) in [6, 6.07) is 7.56. The van der Waals surface area contributed by atoms with Gasteiger partial charge in [-0.2, -0.15) is 0 Å². The lowest BCUT2D eigenvalue weighted by molar-refractivity contribution is 0.563. The number of rotatable bonds is 3. The zero-order valence-corrected chi connectivity index (χ0v) is 6.63. The fourth-order valence-electron chi connectivity index (χ4n) is 1.03. The van der Waals surface area contributed by atoms with Gasteiger partial charge >= 0.3 is 0 Å². The highest BCUT2D eigenvalue weighted by Gasteiger charge is 1.91. The van der Waals surface area contributed by atoms with Gasteiger partial charge in [0.25, 0.3) is 0 Å². The molecule has 0 atom stereocenters. The van der Waals surface area contributed by atoms with Crippen LogP contribution in [0.2, 0.25) is 0 Å². The summed E-state index contributed by atoms with van der Waals surface area (Å²) in [5.41, 5.74) is 1.91. The summed E-state index contributed by atoms with van der Waals surface area (Å²) in [7, 11) is 0. The van der Waals surface area contributed by atoms with Crippen molar-refractivity contribution < 1.29 is 4.79 Å². The smallest absolute Gasteiger partial charge is 0.233 e. The molecule has 0 bridgehead atoms. The molecule has 57 valence electrons. The number of benzene rings is 1. The molecule has 0 unspecified atom stereocenters. The molecule has 0 fully saturated rings. The van der Waals surface area contributed by atoms with E-state index < -0.39 is 0 Å². The van der Waals surface area contributed by atoms with Gasteiger partial charge in [0, 0.05) is 5.56 Å².